The predicted molar refractivity (Wildman–Crippen MR) is 36.3 cm³/mol. The van der Waals surface area contributed by atoms with Gasteiger partial charge in [-0.15, -0.1) is 0 Å². The zero-order chi connectivity index (χ0) is 4.24. The Morgan fingerprint density at radius 2 is 2.50 bits per heavy atom. The second-order valence-corrected chi connectivity index (χ2v) is 2.95. The van der Waals surface area contributed by atoms with Crippen molar-refractivity contribution in [1.82, 2.24) is 0 Å². The summed E-state index contributed by atoms with van der Waals surface area (Å²) in [6.07, 6.45) is 3.98. The third-order valence-corrected chi connectivity index (χ3v) is 2.01. The van der Waals surface area contributed by atoms with E-state index in [1.165, 1.54) is 0 Å². The van der Waals surface area contributed by atoms with Crippen LogP contribution in [0.15, 0.2) is 12.3 Å². The van der Waals surface area contributed by atoms with Gasteiger partial charge in [-0.25, -0.2) is 4.99 Å². The summed E-state index contributed by atoms with van der Waals surface area (Å²) in [6, 6.07) is 0. The average molecular weight is 194 g/mol. The topological polar surface area (TPSA) is 14.0 Å². The van der Waals surface area contributed by atoms with Crippen LogP contribution >= 0.6 is 20.7 Å². The number of hydrogen-bond acceptors (Lipinski definition) is 0. The van der Waals surface area contributed by atoms with Gasteiger partial charge in [0, 0.05) is 6.08 Å². The molecule has 1 nitrogen and oxygen atoms in total. The van der Waals surface area contributed by atoms with Crippen LogP contribution in [0.5, 0.6) is 0 Å². The largest absolute Gasteiger partial charge is 0.213 e. The lowest BCUT2D eigenvalue weighted by Crippen LogP contribution is -2.60. The molecule has 0 amide bonds. The van der Waals surface area contributed by atoms with E-state index >= 15 is 0 Å². The molecule has 0 aromatic rings. The van der Waals surface area contributed by atoms with Crippen LogP contribution in [0.4, 0.5) is 0 Å². The van der Waals surface area contributed by atoms with Gasteiger partial charge >= 0.3 is 0 Å². The first kappa shape index (κ1) is 4.18. The fourth-order valence-electron chi connectivity index (χ4n) is 0.243. The van der Waals surface area contributed by atoms with Crippen molar-refractivity contribution in [3.8, 4) is 0 Å². The van der Waals surface area contributed by atoms with Gasteiger partial charge in [-0.2, -0.15) is 0 Å². The van der Waals surface area contributed by atoms with Crippen molar-refractivity contribution in [2.24, 2.45) is 0 Å². The van der Waals surface area contributed by atoms with Crippen LogP contribution in [-0.4, -0.2) is 8.23 Å². The average Bonchev–Trinajstić information content (AvgIpc) is 1.72. The summed E-state index contributed by atoms with van der Waals surface area (Å²) >= 11 is 0.267. The van der Waals surface area contributed by atoms with Gasteiger partial charge in [0.1, 0.15) is 0 Å². The van der Waals surface area contributed by atoms with E-state index in [1.807, 2.05) is 12.3 Å². The van der Waals surface area contributed by atoms with Crippen molar-refractivity contribution >= 4 is 29.0 Å². The second kappa shape index (κ2) is 2.23. The van der Waals surface area contributed by atoms with E-state index in [4.69, 9.17) is 0 Å². The quantitative estimate of drug-likeness (QED) is 0.495. The normalized spacial score (nSPS) is 17.3. The number of nitrogens with one attached hydrogen (secondary N) is 1. The summed E-state index contributed by atoms with van der Waals surface area (Å²) < 4.78 is 4.31. The molecule has 1 aliphatic heterocycles. The summed E-state index contributed by atoms with van der Waals surface area (Å²) in [7, 11) is 0. The van der Waals surface area contributed by atoms with Crippen molar-refractivity contribution in [3.63, 3.8) is 0 Å². The Hall–Kier alpha value is 0.01000. The van der Waals surface area contributed by atoms with E-state index in [9.17, 15) is 0 Å². The highest BCUT2D eigenvalue weighted by Gasteiger charge is 1.74. The highest BCUT2D eigenvalue weighted by Crippen LogP contribution is 1.82. The molecule has 0 spiro atoms. The summed E-state index contributed by atoms with van der Waals surface area (Å²) in [5, 5.41) is 0. The maximum Gasteiger partial charge on any atom is 0.197 e. The van der Waals surface area contributed by atoms with Gasteiger partial charge in [0.05, 0.1) is 0 Å². The molecule has 0 saturated carbocycles. The third-order valence-electron chi connectivity index (χ3n) is 0.464. The Balaban J connectivity index is 2.77. The Morgan fingerprint density at radius 3 is 2.67 bits per heavy atom. The maximum atomic E-state index is 3.00. The molecule has 0 aromatic heterocycles. The van der Waals surface area contributed by atoms with Crippen LogP contribution in [0.2, 0.25) is 0 Å². The zero-order valence-electron chi connectivity index (χ0n) is 3.19. The molecule has 1 N–H and O–H groups in total. The lowest BCUT2D eigenvalue weighted by atomic mass is 10.7. The van der Waals surface area contributed by atoms with E-state index in [0.717, 1.165) is 0 Å². The Bertz CT molecular complexity index is 76.9. The molecular formula is C4H5IN+. The molecule has 0 saturated heterocycles. The Morgan fingerprint density at radius 1 is 1.50 bits per heavy atom. The Labute approximate surface area is 46.5 Å². The van der Waals surface area contributed by atoms with Crippen LogP contribution in [0.1, 0.15) is 0 Å². The monoisotopic (exact) mass is 194 g/mol. The van der Waals surface area contributed by atoms with E-state index in [0.29, 0.717) is 0 Å². The van der Waals surface area contributed by atoms with Crippen LogP contribution in [0, 0.1) is 0 Å². The first-order chi connectivity index (χ1) is 3.00. The number of rotatable bonds is 0. The summed E-state index contributed by atoms with van der Waals surface area (Å²) in [5.74, 6) is 0. The SMILES string of the molecule is C1=C[NH+]=CI=C1. The highest BCUT2D eigenvalue weighted by atomic mass is 127. The molecule has 0 unspecified atom stereocenters. The minimum atomic E-state index is 0.267. The van der Waals surface area contributed by atoms with Crippen molar-refractivity contribution in [3.05, 3.63) is 12.3 Å². The summed E-state index contributed by atoms with van der Waals surface area (Å²) in [4.78, 5) is 3.00. The first-order valence-electron chi connectivity index (χ1n) is 1.68. The summed E-state index contributed by atoms with van der Waals surface area (Å²) in [6.45, 7) is 0. The second-order valence-electron chi connectivity index (χ2n) is 0.887. The van der Waals surface area contributed by atoms with Crippen molar-refractivity contribution in [1.29, 1.82) is 0 Å². The minimum Gasteiger partial charge on any atom is -0.213 e. The third kappa shape index (κ3) is 1.01. The van der Waals surface area contributed by atoms with Crippen molar-refractivity contribution in [2.75, 3.05) is 0 Å². The van der Waals surface area contributed by atoms with E-state index in [-0.39, 0.29) is 20.7 Å². The predicted octanol–water partition coefficient (Wildman–Crippen LogP) is -0.605. The van der Waals surface area contributed by atoms with E-state index < -0.39 is 0 Å². The molecule has 1 rings (SSSR count). The van der Waals surface area contributed by atoms with Gasteiger partial charge in [0.2, 0.25) is 0 Å². The molecule has 2 heteroatoms. The van der Waals surface area contributed by atoms with Crippen LogP contribution in [0.25, 0.3) is 0 Å². The van der Waals surface area contributed by atoms with Gasteiger partial charge in [-0.3, -0.25) is 0 Å². The van der Waals surface area contributed by atoms with Gasteiger partial charge in [0.15, 0.2) is 10.4 Å². The summed E-state index contributed by atoms with van der Waals surface area (Å²) in [5.41, 5.74) is 0. The molecule has 1 heterocycles. The van der Waals surface area contributed by atoms with Crippen molar-refractivity contribution < 1.29 is 4.99 Å². The molecule has 0 aromatic carbocycles. The van der Waals surface area contributed by atoms with Crippen LogP contribution in [0.3, 0.4) is 0 Å². The number of allylic oxidation sites excluding steroid dienone is 1. The minimum absolute atomic E-state index is 0.267. The number of halogens is 1. The smallest absolute Gasteiger partial charge is 0.197 e. The van der Waals surface area contributed by atoms with E-state index in [2.05, 4.69) is 13.2 Å². The van der Waals surface area contributed by atoms with Crippen molar-refractivity contribution in [2.45, 2.75) is 0 Å². The van der Waals surface area contributed by atoms with E-state index in [1.54, 1.807) is 0 Å². The fourth-order valence-corrected chi connectivity index (χ4v) is 1.31. The van der Waals surface area contributed by atoms with Gasteiger partial charge < -0.3 is 0 Å². The Kier molecular flexibility index (Phi) is 1.55. The fraction of sp³-hybridized carbons (Fsp3) is 0. The molecule has 0 atom stereocenters. The van der Waals surface area contributed by atoms with Gasteiger partial charge in [-0.05, 0) is 24.7 Å². The van der Waals surface area contributed by atoms with Gasteiger partial charge in [-0.1, -0.05) is 0 Å². The first-order valence-corrected chi connectivity index (χ1v) is 4.17. The highest BCUT2D eigenvalue weighted by molar-refractivity contribution is 14.2. The molecular weight excluding hydrogens is 189 g/mol. The molecule has 0 aliphatic carbocycles. The molecule has 32 valence electrons. The number of hydrogen-bond donors (Lipinski definition) is 1. The van der Waals surface area contributed by atoms with Crippen LogP contribution < -0.4 is 4.99 Å². The van der Waals surface area contributed by atoms with Crippen LogP contribution in [-0.2, 0) is 0 Å². The van der Waals surface area contributed by atoms with Gasteiger partial charge in [0.25, 0.3) is 0 Å². The molecule has 1 aliphatic rings. The zero-order valence-corrected chi connectivity index (χ0v) is 5.34. The maximum absolute atomic E-state index is 3.00. The molecule has 0 radical (unpaired) electrons. The molecule has 0 fully saturated rings. The lowest BCUT2D eigenvalue weighted by molar-refractivity contribution is -0.362. The molecule has 0 bridgehead atoms. The standard InChI is InChI=1S/C4H4IN/c1-2-5-4-6-3-1/h1-4H/p+1. The molecule has 6 heavy (non-hydrogen) atoms. The lowest BCUT2D eigenvalue weighted by Gasteiger charge is -1.69.